The fraction of sp³-hybridized carbons (Fsp3) is 0.619. The van der Waals surface area contributed by atoms with Crippen LogP contribution in [-0.2, 0) is 11.3 Å². The molecule has 0 aliphatic carbocycles. The topological polar surface area (TPSA) is 60.0 Å². The average Bonchev–Trinajstić information content (AvgIpc) is 2.70. The lowest BCUT2D eigenvalue weighted by Gasteiger charge is -2.35. The third kappa shape index (κ3) is 6.86. The zero-order chi connectivity index (χ0) is 19.6. The van der Waals surface area contributed by atoms with Gasteiger partial charge in [0.1, 0.15) is 0 Å². The van der Waals surface area contributed by atoms with Gasteiger partial charge in [0.25, 0.3) is 0 Å². The third-order valence-electron chi connectivity index (χ3n) is 5.18. The Balaban J connectivity index is 1.78. The minimum absolute atomic E-state index is 0.0823. The Kier molecular flexibility index (Phi) is 8.58. The van der Waals surface area contributed by atoms with Gasteiger partial charge in [0.05, 0.1) is 6.54 Å². The van der Waals surface area contributed by atoms with Gasteiger partial charge in [-0.25, -0.2) is 0 Å². The van der Waals surface area contributed by atoms with Crippen molar-refractivity contribution in [3.8, 4) is 0 Å². The highest BCUT2D eigenvalue weighted by molar-refractivity contribution is 5.86. The molecule has 0 aromatic heterocycles. The number of carbonyl (C=O) groups excluding carboxylic acids is 1. The van der Waals surface area contributed by atoms with E-state index >= 15 is 0 Å². The number of rotatable bonds is 7. The fourth-order valence-electron chi connectivity index (χ4n) is 3.40. The van der Waals surface area contributed by atoms with Crippen LogP contribution in [0.2, 0.25) is 0 Å². The maximum absolute atomic E-state index is 12.6. The van der Waals surface area contributed by atoms with E-state index in [-0.39, 0.29) is 12.5 Å². The predicted octanol–water partition coefficient (Wildman–Crippen LogP) is 2.07. The molecule has 150 valence electrons. The summed E-state index contributed by atoms with van der Waals surface area (Å²) in [6, 6.07) is 11.1. The molecule has 0 unspecified atom stereocenters. The first kappa shape index (κ1) is 21.2. The molecule has 1 amide bonds. The van der Waals surface area contributed by atoms with Crippen molar-refractivity contribution < 1.29 is 4.79 Å². The highest BCUT2D eigenvalue weighted by Gasteiger charge is 2.21. The van der Waals surface area contributed by atoms with Crippen LogP contribution in [0.5, 0.6) is 0 Å². The summed E-state index contributed by atoms with van der Waals surface area (Å²) < 4.78 is 0. The molecule has 0 radical (unpaired) electrons. The summed E-state index contributed by atoms with van der Waals surface area (Å²) in [6.07, 6.45) is 2.20. The highest BCUT2D eigenvalue weighted by Crippen LogP contribution is 2.12. The van der Waals surface area contributed by atoms with E-state index in [1.807, 2.05) is 42.2 Å². The zero-order valence-corrected chi connectivity index (χ0v) is 17.2. The number of benzene rings is 1. The number of nitrogens with one attached hydrogen (secondary N) is 2. The Bertz CT molecular complexity index is 594. The van der Waals surface area contributed by atoms with E-state index in [0.717, 1.165) is 31.5 Å². The minimum Gasteiger partial charge on any atom is -0.354 e. The number of aliphatic imine (C=N–C) groups is 1. The number of hydrogen-bond acceptors (Lipinski definition) is 3. The average molecular weight is 374 g/mol. The fourth-order valence-corrected chi connectivity index (χ4v) is 3.40. The van der Waals surface area contributed by atoms with Crippen LogP contribution in [-0.4, -0.2) is 67.0 Å². The molecule has 0 bridgehead atoms. The standard InChI is InChI=1S/C21H35N5O/c1-5-25(16-18-9-7-6-8-10-18)20(27)15-23-21(22-4)24-19-11-13-26(14-12-19)17(2)3/h6-10,17,19H,5,11-16H2,1-4H3,(H2,22,23,24). The second-order valence-corrected chi connectivity index (χ2v) is 7.37. The van der Waals surface area contributed by atoms with E-state index in [1.54, 1.807) is 7.05 Å². The molecule has 1 aromatic rings. The van der Waals surface area contributed by atoms with E-state index in [9.17, 15) is 4.79 Å². The number of guanidine groups is 1. The first-order valence-electron chi connectivity index (χ1n) is 10.1. The number of hydrogen-bond donors (Lipinski definition) is 2. The molecule has 1 saturated heterocycles. The predicted molar refractivity (Wildman–Crippen MR) is 112 cm³/mol. The van der Waals surface area contributed by atoms with Gasteiger partial charge in [-0.2, -0.15) is 0 Å². The number of piperidine rings is 1. The second kappa shape index (κ2) is 10.9. The number of likely N-dealkylation sites (N-methyl/N-ethyl adjacent to an activating group) is 1. The van der Waals surface area contributed by atoms with Crippen LogP contribution in [0.15, 0.2) is 35.3 Å². The van der Waals surface area contributed by atoms with Gasteiger partial charge < -0.3 is 20.4 Å². The molecular weight excluding hydrogens is 338 g/mol. The van der Waals surface area contributed by atoms with Gasteiger partial charge in [-0.15, -0.1) is 0 Å². The first-order valence-corrected chi connectivity index (χ1v) is 10.1. The van der Waals surface area contributed by atoms with Gasteiger partial charge in [0, 0.05) is 45.3 Å². The Morgan fingerprint density at radius 3 is 2.48 bits per heavy atom. The molecule has 1 aliphatic heterocycles. The monoisotopic (exact) mass is 373 g/mol. The molecule has 0 spiro atoms. The maximum Gasteiger partial charge on any atom is 0.242 e. The van der Waals surface area contributed by atoms with Crippen molar-refractivity contribution in [2.45, 2.75) is 52.2 Å². The number of amides is 1. The van der Waals surface area contributed by atoms with Crippen LogP contribution in [0.25, 0.3) is 0 Å². The molecule has 1 aliphatic rings. The van der Waals surface area contributed by atoms with Crippen molar-refractivity contribution >= 4 is 11.9 Å². The summed E-state index contributed by atoms with van der Waals surface area (Å²) in [5, 5.41) is 6.65. The molecule has 2 N–H and O–H groups in total. The molecule has 1 aromatic carbocycles. The Hall–Kier alpha value is -2.08. The van der Waals surface area contributed by atoms with Crippen molar-refractivity contribution in [3.63, 3.8) is 0 Å². The van der Waals surface area contributed by atoms with Crippen molar-refractivity contribution in [1.29, 1.82) is 0 Å². The van der Waals surface area contributed by atoms with Crippen LogP contribution < -0.4 is 10.6 Å². The quantitative estimate of drug-likeness (QED) is 0.567. The van der Waals surface area contributed by atoms with Crippen molar-refractivity contribution in [2.24, 2.45) is 4.99 Å². The van der Waals surface area contributed by atoms with Crippen LogP contribution in [0.1, 0.15) is 39.2 Å². The molecule has 0 atom stereocenters. The van der Waals surface area contributed by atoms with Gasteiger partial charge in [-0.3, -0.25) is 9.79 Å². The van der Waals surface area contributed by atoms with Crippen molar-refractivity contribution in [1.82, 2.24) is 20.4 Å². The molecule has 1 heterocycles. The smallest absolute Gasteiger partial charge is 0.242 e. The van der Waals surface area contributed by atoms with Gasteiger partial charge >= 0.3 is 0 Å². The number of nitrogens with zero attached hydrogens (tertiary/aromatic N) is 3. The minimum atomic E-state index is 0.0823. The molecule has 6 nitrogen and oxygen atoms in total. The van der Waals surface area contributed by atoms with E-state index in [0.29, 0.717) is 31.1 Å². The van der Waals surface area contributed by atoms with E-state index < -0.39 is 0 Å². The summed E-state index contributed by atoms with van der Waals surface area (Å²) in [4.78, 5) is 21.2. The van der Waals surface area contributed by atoms with E-state index in [4.69, 9.17) is 0 Å². The number of carbonyl (C=O) groups is 1. The van der Waals surface area contributed by atoms with Crippen molar-refractivity contribution in [3.05, 3.63) is 35.9 Å². The van der Waals surface area contributed by atoms with Crippen LogP contribution >= 0.6 is 0 Å². The Morgan fingerprint density at radius 1 is 1.26 bits per heavy atom. The van der Waals surface area contributed by atoms with Crippen LogP contribution in [0.4, 0.5) is 0 Å². The van der Waals surface area contributed by atoms with Crippen molar-refractivity contribution in [2.75, 3.05) is 33.2 Å². The molecule has 6 heteroatoms. The highest BCUT2D eigenvalue weighted by atomic mass is 16.2. The lowest BCUT2D eigenvalue weighted by Crippen LogP contribution is -2.51. The molecule has 2 rings (SSSR count). The SMILES string of the molecule is CCN(Cc1ccccc1)C(=O)CNC(=NC)NC1CCN(C(C)C)CC1. The lowest BCUT2D eigenvalue weighted by molar-refractivity contribution is -0.130. The largest absolute Gasteiger partial charge is 0.354 e. The van der Waals surface area contributed by atoms with Gasteiger partial charge in [-0.05, 0) is 39.2 Å². The second-order valence-electron chi connectivity index (χ2n) is 7.37. The van der Waals surface area contributed by atoms with Crippen LogP contribution in [0.3, 0.4) is 0 Å². The summed E-state index contributed by atoms with van der Waals surface area (Å²) in [6.45, 7) is 10.3. The van der Waals surface area contributed by atoms with E-state index in [1.165, 1.54) is 0 Å². The van der Waals surface area contributed by atoms with Gasteiger partial charge in [-0.1, -0.05) is 30.3 Å². The van der Waals surface area contributed by atoms with Gasteiger partial charge in [0.15, 0.2) is 5.96 Å². The number of likely N-dealkylation sites (tertiary alicyclic amines) is 1. The Labute approximate surface area is 164 Å². The van der Waals surface area contributed by atoms with Crippen LogP contribution in [0, 0.1) is 0 Å². The molecular formula is C21H35N5O. The molecule has 27 heavy (non-hydrogen) atoms. The Morgan fingerprint density at radius 2 is 1.93 bits per heavy atom. The first-order chi connectivity index (χ1) is 13.0. The molecule has 1 fully saturated rings. The van der Waals surface area contributed by atoms with E-state index in [2.05, 4.69) is 34.4 Å². The lowest BCUT2D eigenvalue weighted by atomic mass is 10.0. The van der Waals surface area contributed by atoms with Gasteiger partial charge in [0.2, 0.25) is 5.91 Å². The summed E-state index contributed by atoms with van der Waals surface area (Å²) in [5.41, 5.74) is 1.15. The summed E-state index contributed by atoms with van der Waals surface area (Å²) >= 11 is 0. The zero-order valence-electron chi connectivity index (χ0n) is 17.2. The summed E-state index contributed by atoms with van der Waals surface area (Å²) in [5.74, 6) is 0.793. The normalized spacial score (nSPS) is 16.4. The molecule has 0 saturated carbocycles. The maximum atomic E-state index is 12.6. The summed E-state index contributed by atoms with van der Waals surface area (Å²) in [7, 11) is 1.75. The third-order valence-corrected chi connectivity index (χ3v) is 5.18.